The van der Waals surface area contributed by atoms with Gasteiger partial charge in [-0.2, -0.15) is 0 Å². The Kier molecular flexibility index (Phi) is 4.21. The number of anilines is 2. The van der Waals surface area contributed by atoms with E-state index >= 15 is 0 Å². The second-order valence-electron chi connectivity index (χ2n) is 3.34. The quantitative estimate of drug-likeness (QED) is 0.460. The zero-order valence-corrected chi connectivity index (χ0v) is 9.37. The first-order chi connectivity index (χ1) is 8.10. The zero-order chi connectivity index (χ0) is 12.8. The molecule has 0 atom stereocenters. The van der Waals surface area contributed by atoms with Crippen molar-refractivity contribution in [3.63, 3.8) is 0 Å². The summed E-state index contributed by atoms with van der Waals surface area (Å²) >= 11 is 0. The van der Waals surface area contributed by atoms with Gasteiger partial charge in [-0.15, -0.1) is 13.2 Å². The van der Waals surface area contributed by atoms with Crippen LogP contribution in [0.4, 0.5) is 17.2 Å². The first-order valence-electron chi connectivity index (χ1n) is 4.96. The highest BCUT2D eigenvalue weighted by molar-refractivity contribution is 5.66. The molecule has 0 saturated heterocycles. The maximum atomic E-state index is 10.9. The maximum Gasteiger partial charge on any atom is 0.310 e. The highest BCUT2D eigenvalue weighted by Gasteiger charge is 2.19. The molecule has 6 nitrogen and oxygen atoms in total. The Morgan fingerprint density at radius 1 is 1.47 bits per heavy atom. The molecule has 0 aliphatic rings. The smallest absolute Gasteiger partial charge is 0.310 e. The molecule has 2 N–H and O–H groups in total. The van der Waals surface area contributed by atoms with Crippen LogP contribution in [0.1, 0.15) is 0 Å². The van der Waals surface area contributed by atoms with E-state index in [0.717, 1.165) is 6.20 Å². The Balaban J connectivity index is 3.22. The summed E-state index contributed by atoms with van der Waals surface area (Å²) in [6, 6.07) is 1.48. The van der Waals surface area contributed by atoms with Gasteiger partial charge in [0, 0.05) is 19.2 Å². The second-order valence-corrected chi connectivity index (χ2v) is 3.34. The van der Waals surface area contributed by atoms with Crippen LogP contribution in [0.5, 0.6) is 0 Å². The predicted molar refractivity (Wildman–Crippen MR) is 67.9 cm³/mol. The molecule has 0 fully saturated rings. The molecule has 6 heteroatoms. The van der Waals surface area contributed by atoms with Gasteiger partial charge in [0.25, 0.3) is 0 Å². The summed E-state index contributed by atoms with van der Waals surface area (Å²) < 4.78 is 0. The minimum Gasteiger partial charge on any atom is -0.384 e. The molecule has 1 heterocycles. The van der Waals surface area contributed by atoms with E-state index in [9.17, 15) is 10.1 Å². The van der Waals surface area contributed by atoms with Crippen molar-refractivity contribution < 1.29 is 4.92 Å². The Morgan fingerprint density at radius 2 is 2.06 bits per heavy atom. The lowest BCUT2D eigenvalue weighted by molar-refractivity contribution is -0.384. The highest BCUT2D eigenvalue weighted by Crippen LogP contribution is 2.28. The summed E-state index contributed by atoms with van der Waals surface area (Å²) in [6.45, 7) is 8.16. The van der Waals surface area contributed by atoms with Crippen LogP contribution in [0, 0.1) is 10.1 Å². The molecule has 0 amide bonds. The van der Waals surface area contributed by atoms with Gasteiger partial charge in [0.2, 0.25) is 0 Å². The Morgan fingerprint density at radius 3 is 2.53 bits per heavy atom. The monoisotopic (exact) mass is 234 g/mol. The third-order valence-electron chi connectivity index (χ3n) is 2.12. The van der Waals surface area contributed by atoms with Crippen molar-refractivity contribution >= 4 is 17.2 Å². The van der Waals surface area contributed by atoms with Crippen molar-refractivity contribution in [1.29, 1.82) is 0 Å². The fraction of sp³-hybridized carbons (Fsp3) is 0.182. The molecular weight excluding hydrogens is 220 g/mol. The third-order valence-corrected chi connectivity index (χ3v) is 2.12. The molecule has 0 aromatic carbocycles. The van der Waals surface area contributed by atoms with Crippen molar-refractivity contribution in [3.05, 3.63) is 47.7 Å². The SMILES string of the molecule is C=CCN(CC=C)c1cc(N)ncc1[N+](=O)[O-]. The summed E-state index contributed by atoms with van der Waals surface area (Å²) in [6.07, 6.45) is 4.47. The number of nitrogens with zero attached hydrogens (tertiary/aromatic N) is 3. The van der Waals surface area contributed by atoms with Gasteiger partial charge in [0.15, 0.2) is 0 Å². The molecule has 1 aromatic heterocycles. The number of nitrogen functional groups attached to an aromatic ring is 1. The molecule has 0 aliphatic carbocycles. The first-order valence-corrected chi connectivity index (χ1v) is 4.96. The minimum atomic E-state index is -0.485. The molecule has 0 saturated carbocycles. The molecule has 0 radical (unpaired) electrons. The van der Waals surface area contributed by atoms with Gasteiger partial charge in [-0.3, -0.25) is 10.1 Å². The largest absolute Gasteiger partial charge is 0.384 e. The van der Waals surface area contributed by atoms with E-state index in [2.05, 4.69) is 18.1 Å². The first kappa shape index (κ1) is 12.7. The second kappa shape index (κ2) is 5.64. The van der Waals surface area contributed by atoms with Crippen LogP contribution >= 0.6 is 0 Å². The van der Waals surface area contributed by atoms with E-state index in [0.29, 0.717) is 18.8 Å². The molecule has 17 heavy (non-hydrogen) atoms. The van der Waals surface area contributed by atoms with Crippen LogP contribution in [0.3, 0.4) is 0 Å². The van der Waals surface area contributed by atoms with Crippen LogP contribution in [0.2, 0.25) is 0 Å². The number of nitrogens with two attached hydrogens (primary N) is 1. The van der Waals surface area contributed by atoms with Gasteiger partial charge in [0.05, 0.1) is 4.92 Å². The zero-order valence-electron chi connectivity index (χ0n) is 9.37. The summed E-state index contributed by atoms with van der Waals surface area (Å²) in [5.74, 6) is 0.240. The Bertz CT molecular complexity index is 435. The molecule has 1 rings (SSSR count). The molecular formula is C11H14N4O2. The summed E-state index contributed by atoms with van der Waals surface area (Å²) in [4.78, 5) is 15.9. The summed E-state index contributed by atoms with van der Waals surface area (Å²) in [7, 11) is 0. The van der Waals surface area contributed by atoms with Gasteiger partial charge in [-0.1, -0.05) is 12.2 Å². The van der Waals surface area contributed by atoms with Crippen molar-refractivity contribution in [1.82, 2.24) is 4.98 Å². The maximum absolute atomic E-state index is 10.9. The number of hydrogen-bond donors (Lipinski definition) is 1. The van der Waals surface area contributed by atoms with E-state index in [4.69, 9.17) is 5.73 Å². The predicted octanol–water partition coefficient (Wildman–Crippen LogP) is 1.75. The van der Waals surface area contributed by atoms with Crippen molar-refractivity contribution in [2.24, 2.45) is 0 Å². The van der Waals surface area contributed by atoms with E-state index in [1.54, 1.807) is 17.1 Å². The van der Waals surface area contributed by atoms with Gasteiger partial charge >= 0.3 is 5.69 Å². The Labute approximate surface area is 99.2 Å². The van der Waals surface area contributed by atoms with E-state index < -0.39 is 4.92 Å². The number of hydrogen-bond acceptors (Lipinski definition) is 5. The van der Waals surface area contributed by atoms with Crippen molar-refractivity contribution in [2.45, 2.75) is 0 Å². The van der Waals surface area contributed by atoms with Crippen LogP contribution in [-0.4, -0.2) is 23.0 Å². The fourth-order valence-electron chi connectivity index (χ4n) is 1.43. The fourth-order valence-corrected chi connectivity index (χ4v) is 1.43. The van der Waals surface area contributed by atoms with Crippen LogP contribution < -0.4 is 10.6 Å². The van der Waals surface area contributed by atoms with Gasteiger partial charge in [-0.25, -0.2) is 4.98 Å². The van der Waals surface area contributed by atoms with Crippen LogP contribution in [-0.2, 0) is 0 Å². The standard InChI is InChI=1S/C11H14N4O2/c1-3-5-14(6-4-2)9-7-11(12)13-8-10(9)15(16)17/h3-4,7-8H,1-2,5-6H2,(H2,12,13). The van der Waals surface area contributed by atoms with Crippen molar-refractivity contribution in [2.75, 3.05) is 23.7 Å². The lowest BCUT2D eigenvalue weighted by atomic mass is 10.3. The molecule has 0 bridgehead atoms. The summed E-state index contributed by atoms with van der Waals surface area (Å²) in [5.41, 5.74) is 5.88. The lowest BCUT2D eigenvalue weighted by Gasteiger charge is -2.21. The normalized spacial score (nSPS) is 9.65. The number of nitro groups is 1. The molecule has 1 aromatic rings. The van der Waals surface area contributed by atoms with Gasteiger partial charge < -0.3 is 10.6 Å². The summed E-state index contributed by atoms with van der Waals surface area (Å²) in [5, 5.41) is 10.9. The third kappa shape index (κ3) is 3.04. The number of pyridine rings is 1. The van der Waals surface area contributed by atoms with E-state index in [1.165, 1.54) is 6.07 Å². The van der Waals surface area contributed by atoms with Crippen LogP contribution in [0.25, 0.3) is 0 Å². The average Bonchev–Trinajstić information content (AvgIpc) is 2.28. The molecule has 0 spiro atoms. The number of aromatic nitrogens is 1. The van der Waals surface area contributed by atoms with Gasteiger partial charge in [-0.05, 0) is 0 Å². The molecule has 90 valence electrons. The van der Waals surface area contributed by atoms with E-state index in [-0.39, 0.29) is 11.5 Å². The van der Waals surface area contributed by atoms with Gasteiger partial charge in [0.1, 0.15) is 17.7 Å². The Hall–Kier alpha value is -2.37. The number of rotatable bonds is 6. The molecule has 0 aliphatic heterocycles. The minimum absolute atomic E-state index is 0.0806. The topological polar surface area (TPSA) is 85.3 Å². The van der Waals surface area contributed by atoms with E-state index in [1.807, 2.05) is 0 Å². The lowest BCUT2D eigenvalue weighted by Crippen LogP contribution is -2.24. The highest BCUT2D eigenvalue weighted by atomic mass is 16.6. The van der Waals surface area contributed by atoms with Crippen molar-refractivity contribution in [3.8, 4) is 0 Å². The molecule has 0 unspecified atom stereocenters. The van der Waals surface area contributed by atoms with Crippen LogP contribution in [0.15, 0.2) is 37.6 Å². The average molecular weight is 234 g/mol.